The highest BCUT2D eigenvalue weighted by molar-refractivity contribution is 6.07. The molecule has 0 bridgehead atoms. The second-order valence-corrected chi connectivity index (χ2v) is 11.6. The summed E-state index contributed by atoms with van der Waals surface area (Å²) in [5, 5.41) is 0.707. The number of amides is 1. The summed E-state index contributed by atoms with van der Waals surface area (Å²) in [5.74, 6) is 1.54. The van der Waals surface area contributed by atoms with Gasteiger partial charge in [0, 0.05) is 30.6 Å². The first-order valence-electron chi connectivity index (χ1n) is 15.0. The number of carbonyl (C=O) groups is 1. The summed E-state index contributed by atoms with van der Waals surface area (Å²) in [7, 11) is 0. The largest absolute Gasteiger partial charge is 0.473 e. The van der Waals surface area contributed by atoms with E-state index in [9.17, 15) is 18.0 Å². The van der Waals surface area contributed by atoms with E-state index >= 15 is 0 Å². The molecule has 10 heteroatoms. The molecule has 0 radical (unpaired) electrons. The lowest BCUT2D eigenvalue weighted by molar-refractivity contribution is -0.137. The zero-order chi connectivity index (χ0) is 30.3. The number of alkyl halides is 3. The molecular weight excluding hydrogens is 571 g/mol. The van der Waals surface area contributed by atoms with Crippen molar-refractivity contribution in [1.29, 1.82) is 0 Å². The molecule has 0 aliphatic carbocycles. The average Bonchev–Trinajstić information content (AvgIpc) is 3.81. The van der Waals surface area contributed by atoms with E-state index in [2.05, 4.69) is 9.88 Å². The number of rotatable bonds is 7. The van der Waals surface area contributed by atoms with Crippen molar-refractivity contribution in [1.82, 2.24) is 14.8 Å². The lowest BCUT2D eigenvalue weighted by Crippen LogP contribution is -2.42. The van der Waals surface area contributed by atoms with Gasteiger partial charge in [-0.3, -0.25) is 4.79 Å². The van der Waals surface area contributed by atoms with E-state index in [1.165, 1.54) is 25.0 Å². The van der Waals surface area contributed by atoms with Gasteiger partial charge in [0.1, 0.15) is 6.61 Å². The lowest BCUT2D eigenvalue weighted by Gasteiger charge is -2.29. The molecule has 0 N–H and O–H groups in total. The Hall–Kier alpha value is -4.31. The molecule has 44 heavy (non-hydrogen) atoms. The smallest absolute Gasteiger partial charge is 0.416 e. The van der Waals surface area contributed by atoms with Crippen LogP contribution in [-0.4, -0.2) is 59.7 Å². The molecular formula is C34H32F3N3O4. The third kappa shape index (κ3) is 5.78. The summed E-state index contributed by atoms with van der Waals surface area (Å²) >= 11 is 0. The Bertz CT molecular complexity index is 1690. The first-order chi connectivity index (χ1) is 21.3. The zero-order valence-electron chi connectivity index (χ0n) is 24.1. The highest BCUT2D eigenvalue weighted by Crippen LogP contribution is 2.37. The Morgan fingerprint density at radius 2 is 1.64 bits per heavy atom. The molecule has 2 fully saturated rings. The number of hydrogen-bond acceptors (Lipinski definition) is 6. The molecule has 7 nitrogen and oxygen atoms in total. The SMILES string of the molecule is O=C(c1cc(OCc2ccc(C(F)(F)F)cc2)nc2ccc(-c3ccc4c(c3)OCO4)cc12)N1CCC[C@H]1CN1CCCC1. The predicted molar refractivity (Wildman–Crippen MR) is 159 cm³/mol. The number of carbonyl (C=O) groups excluding carboxylic acids is 1. The van der Waals surface area contributed by atoms with Crippen LogP contribution in [0.5, 0.6) is 17.4 Å². The van der Waals surface area contributed by atoms with E-state index in [0.717, 1.165) is 55.7 Å². The number of pyridine rings is 1. The van der Waals surface area contributed by atoms with Gasteiger partial charge in [-0.1, -0.05) is 24.3 Å². The zero-order valence-corrected chi connectivity index (χ0v) is 24.1. The van der Waals surface area contributed by atoms with Crippen LogP contribution in [-0.2, 0) is 12.8 Å². The summed E-state index contributed by atoms with van der Waals surface area (Å²) in [6.07, 6.45) is -0.107. The summed E-state index contributed by atoms with van der Waals surface area (Å²) in [6.45, 7) is 3.89. The van der Waals surface area contributed by atoms with Crippen LogP contribution in [0.25, 0.3) is 22.0 Å². The highest BCUT2D eigenvalue weighted by Gasteiger charge is 2.33. The fourth-order valence-electron chi connectivity index (χ4n) is 6.37. The summed E-state index contributed by atoms with van der Waals surface area (Å²) < 4.78 is 56.0. The van der Waals surface area contributed by atoms with Crippen LogP contribution in [0.2, 0.25) is 0 Å². The van der Waals surface area contributed by atoms with Crippen LogP contribution in [0.15, 0.2) is 66.7 Å². The topological polar surface area (TPSA) is 64.1 Å². The predicted octanol–water partition coefficient (Wildman–Crippen LogP) is 6.93. The molecule has 1 atom stereocenters. The van der Waals surface area contributed by atoms with E-state index in [-0.39, 0.29) is 31.2 Å². The van der Waals surface area contributed by atoms with E-state index in [1.807, 2.05) is 41.3 Å². The minimum Gasteiger partial charge on any atom is -0.473 e. The maximum absolute atomic E-state index is 14.3. The molecule has 4 aromatic rings. The van der Waals surface area contributed by atoms with Crippen molar-refractivity contribution in [2.24, 2.45) is 0 Å². The molecule has 0 spiro atoms. The second-order valence-electron chi connectivity index (χ2n) is 11.6. The number of nitrogens with zero attached hydrogens (tertiary/aromatic N) is 3. The first-order valence-corrected chi connectivity index (χ1v) is 15.0. The highest BCUT2D eigenvalue weighted by atomic mass is 19.4. The molecule has 0 unspecified atom stereocenters. The molecule has 3 aromatic carbocycles. The molecule has 228 valence electrons. The molecule has 3 aliphatic rings. The number of ether oxygens (including phenoxy) is 3. The van der Waals surface area contributed by atoms with Crippen molar-refractivity contribution in [3.63, 3.8) is 0 Å². The summed E-state index contributed by atoms with van der Waals surface area (Å²) in [5.41, 5.74) is 2.76. The number of aromatic nitrogens is 1. The number of halogens is 3. The van der Waals surface area contributed by atoms with E-state index in [1.54, 1.807) is 6.07 Å². The van der Waals surface area contributed by atoms with Crippen molar-refractivity contribution >= 4 is 16.8 Å². The Labute approximate surface area is 253 Å². The third-order valence-corrected chi connectivity index (χ3v) is 8.70. The number of likely N-dealkylation sites (tertiary alicyclic amines) is 2. The minimum atomic E-state index is -4.41. The van der Waals surface area contributed by atoms with Crippen LogP contribution in [0.4, 0.5) is 13.2 Å². The molecule has 1 aromatic heterocycles. The van der Waals surface area contributed by atoms with Gasteiger partial charge in [-0.25, -0.2) is 4.98 Å². The van der Waals surface area contributed by atoms with Crippen molar-refractivity contribution in [2.75, 3.05) is 33.0 Å². The standard InChI is InChI=1S/C34H32F3N3O4/c35-34(36,37)25-9-5-22(6-10-25)20-42-32-18-28(33(41)40-15-3-4-26(40)19-39-13-1-2-14-39)27-16-23(7-11-29(27)38-32)24-8-12-30-31(17-24)44-21-43-30/h5-12,16-18,26H,1-4,13-15,19-21H2/t26-/m0/s1. The van der Waals surface area contributed by atoms with Crippen LogP contribution < -0.4 is 14.2 Å². The number of benzene rings is 3. The van der Waals surface area contributed by atoms with E-state index in [4.69, 9.17) is 14.2 Å². The van der Waals surface area contributed by atoms with Gasteiger partial charge in [-0.05, 0) is 91.9 Å². The second kappa shape index (κ2) is 11.6. The Morgan fingerprint density at radius 1 is 0.886 bits per heavy atom. The molecule has 3 aliphatic heterocycles. The Balaban J connectivity index is 1.22. The van der Waals surface area contributed by atoms with Crippen molar-refractivity contribution in [2.45, 2.75) is 44.5 Å². The van der Waals surface area contributed by atoms with Crippen molar-refractivity contribution in [3.8, 4) is 28.5 Å². The van der Waals surface area contributed by atoms with Gasteiger partial charge in [0.25, 0.3) is 5.91 Å². The molecule has 7 rings (SSSR count). The average molecular weight is 604 g/mol. The van der Waals surface area contributed by atoms with Crippen molar-refractivity contribution in [3.05, 3.63) is 83.4 Å². The lowest BCUT2D eigenvalue weighted by atomic mass is 9.99. The fraction of sp³-hybridized carbons (Fsp3) is 0.353. The molecule has 0 saturated carbocycles. The Morgan fingerprint density at radius 3 is 2.43 bits per heavy atom. The molecule has 1 amide bonds. The van der Waals surface area contributed by atoms with Gasteiger partial charge in [-0.15, -0.1) is 0 Å². The fourth-order valence-corrected chi connectivity index (χ4v) is 6.37. The van der Waals surface area contributed by atoms with Gasteiger partial charge >= 0.3 is 6.18 Å². The maximum atomic E-state index is 14.3. The van der Waals surface area contributed by atoms with E-state index in [0.29, 0.717) is 40.1 Å². The summed E-state index contributed by atoms with van der Waals surface area (Å²) in [4.78, 5) is 23.4. The third-order valence-electron chi connectivity index (χ3n) is 8.70. The quantitative estimate of drug-likeness (QED) is 0.228. The first kappa shape index (κ1) is 28.5. The number of hydrogen-bond donors (Lipinski definition) is 0. The normalized spacial score (nSPS) is 18.3. The summed E-state index contributed by atoms with van der Waals surface area (Å²) in [6, 6.07) is 18.2. The van der Waals surface area contributed by atoms with Crippen LogP contribution in [0.3, 0.4) is 0 Å². The van der Waals surface area contributed by atoms with Crippen LogP contribution in [0.1, 0.15) is 47.2 Å². The monoisotopic (exact) mass is 603 g/mol. The number of fused-ring (bicyclic) bond motifs is 2. The Kier molecular flexibility index (Phi) is 7.53. The van der Waals surface area contributed by atoms with Crippen LogP contribution >= 0.6 is 0 Å². The van der Waals surface area contributed by atoms with Gasteiger partial charge in [0.2, 0.25) is 12.7 Å². The van der Waals surface area contributed by atoms with E-state index < -0.39 is 11.7 Å². The molecule has 4 heterocycles. The van der Waals surface area contributed by atoms with Crippen molar-refractivity contribution < 1.29 is 32.2 Å². The van der Waals surface area contributed by atoms with Gasteiger partial charge in [0.15, 0.2) is 11.5 Å². The van der Waals surface area contributed by atoms with Crippen LogP contribution in [0, 0.1) is 0 Å². The maximum Gasteiger partial charge on any atom is 0.416 e. The van der Waals surface area contributed by atoms with Gasteiger partial charge in [-0.2, -0.15) is 13.2 Å². The molecule has 2 saturated heterocycles. The van der Waals surface area contributed by atoms with Gasteiger partial charge in [0.05, 0.1) is 16.6 Å². The minimum absolute atomic E-state index is 0.0147. The van der Waals surface area contributed by atoms with Gasteiger partial charge < -0.3 is 24.0 Å².